The Bertz CT molecular complexity index is 448. The maximum absolute atomic E-state index is 12.5. The molecule has 0 bridgehead atoms. The van der Waals surface area contributed by atoms with Crippen LogP contribution in [0, 0.1) is 11.3 Å². The smallest absolute Gasteiger partial charge is 0.416 e. The Morgan fingerprint density at radius 1 is 1.38 bits per heavy atom. The van der Waals surface area contributed by atoms with Crippen molar-refractivity contribution in [2.45, 2.75) is 12.1 Å². The van der Waals surface area contributed by atoms with Crippen LogP contribution in [0.5, 0.6) is 0 Å². The van der Waals surface area contributed by atoms with Gasteiger partial charge in [-0.3, -0.25) is 4.79 Å². The molecule has 1 atom stereocenters. The maximum Gasteiger partial charge on any atom is 0.416 e. The lowest BCUT2D eigenvalue weighted by molar-refractivity contribution is -0.140. The number of carbonyl (C=O) groups is 1. The van der Waals surface area contributed by atoms with Gasteiger partial charge in [-0.1, -0.05) is 18.2 Å². The predicted molar refractivity (Wildman–Crippen MR) is 47.4 cm³/mol. The van der Waals surface area contributed by atoms with Gasteiger partial charge in [0, 0.05) is 0 Å². The predicted octanol–water partition coefficient (Wildman–Crippen LogP) is 2.40. The summed E-state index contributed by atoms with van der Waals surface area (Å²) in [5.41, 5.74) is -1.63. The van der Waals surface area contributed by atoms with Gasteiger partial charge in [-0.15, -0.1) is 0 Å². The molecule has 0 spiro atoms. The van der Waals surface area contributed by atoms with Gasteiger partial charge in [-0.05, 0) is 11.6 Å². The number of rotatable bonds is 2. The molecule has 0 amide bonds. The van der Waals surface area contributed by atoms with Gasteiger partial charge in [0.1, 0.15) is 0 Å². The molecule has 84 valence electrons. The van der Waals surface area contributed by atoms with E-state index in [1.165, 1.54) is 12.1 Å². The summed E-state index contributed by atoms with van der Waals surface area (Å²) >= 11 is 0. The average Bonchev–Trinajstić information content (AvgIpc) is 2.17. The molecule has 0 fully saturated rings. The first-order valence-corrected chi connectivity index (χ1v) is 4.16. The Hall–Kier alpha value is -2.03. The minimum absolute atomic E-state index is 0.537. The SMILES string of the molecule is N#CC(C(=O)O)c1ccccc1C(F)(F)F. The summed E-state index contributed by atoms with van der Waals surface area (Å²) in [5, 5.41) is 17.2. The van der Waals surface area contributed by atoms with Gasteiger partial charge >= 0.3 is 12.1 Å². The molecule has 0 aromatic heterocycles. The van der Waals surface area contributed by atoms with E-state index in [1.54, 1.807) is 0 Å². The van der Waals surface area contributed by atoms with E-state index >= 15 is 0 Å². The normalized spacial score (nSPS) is 12.9. The van der Waals surface area contributed by atoms with Gasteiger partial charge in [-0.2, -0.15) is 18.4 Å². The lowest BCUT2D eigenvalue weighted by atomic mass is 9.95. The molecule has 0 heterocycles. The molecule has 1 N–H and O–H groups in total. The highest BCUT2D eigenvalue weighted by Gasteiger charge is 2.36. The molecule has 0 saturated heterocycles. The van der Waals surface area contributed by atoms with Crippen molar-refractivity contribution < 1.29 is 23.1 Å². The fourth-order valence-corrected chi connectivity index (χ4v) is 1.26. The Labute approximate surface area is 88.7 Å². The van der Waals surface area contributed by atoms with Crippen LogP contribution in [0.1, 0.15) is 17.0 Å². The van der Waals surface area contributed by atoms with Crippen LogP contribution in [-0.4, -0.2) is 11.1 Å². The molecule has 0 aliphatic heterocycles. The number of alkyl halides is 3. The van der Waals surface area contributed by atoms with Crippen LogP contribution in [0.2, 0.25) is 0 Å². The third-order valence-electron chi connectivity index (χ3n) is 1.95. The molecule has 16 heavy (non-hydrogen) atoms. The minimum Gasteiger partial charge on any atom is -0.480 e. The van der Waals surface area contributed by atoms with Gasteiger partial charge in [0.05, 0.1) is 11.6 Å². The molecule has 0 saturated carbocycles. The highest BCUT2D eigenvalue weighted by atomic mass is 19.4. The van der Waals surface area contributed by atoms with E-state index in [0.717, 1.165) is 18.2 Å². The van der Waals surface area contributed by atoms with Gasteiger partial charge in [-0.25, -0.2) is 0 Å². The maximum atomic E-state index is 12.5. The average molecular weight is 229 g/mol. The van der Waals surface area contributed by atoms with Crippen LogP contribution in [-0.2, 0) is 11.0 Å². The number of aliphatic carboxylic acids is 1. The fraction of sp³-hybridized carbons (Fsp3) is 0.200. The molecular formula is C10H6F3NO2. The van der Waals surface area contributed by atoms with Crippen molar-refractivity contribution in [1.82, 2.24) is 0 Å². The second-order valence-electron chi connectivity index (χ2n) is 2.99. The van der Waals surface area contributed by atoms with Crippen LogP contribution in [0.3, 0.4) is 0 Å². The van der Waals surface area contributed by atoms with Crippen LogP contribution in [0.15, 0.2) is 24.3 Å². The molecule has 3 nitrogen and oxygen atoms in total. The van der Waals surface area contributed by atoms with Crippen molar-refractivity contribution in [3.8, 4) is 6.07 Å². The highest BCUT2D eigenvalue weighted by Crippen LogP contribution is 2.34. The first kappa shape index (κ1) is 12.0. The Morgan fingerprint density at radius 3 is 2.38 bits per heavy atom. The largest absolute Gasteiger partial charge is 0.480 e. The number of benzene rings is 1. The van der Waals surface area contributed by atoms with E-state index in [9.17, 15) is 18.0 Å². The summed E-state index contributed by atoms with van der Waals surface area (Å²) in [6.07, 6.45) is -4.67. The number of hydrogen-bond donors (Lipinski definition) is 1. The molecule has 1 rings (SSSR count). The number of halogens is 3. The van der Waals surface area contributed by atoms with Crippen molar-refractivity contribution in [2.24, 2.45) is 0 Å². The standard InChI is InChI=1S/C10H6F3NO2/c11-10(12,13)8-4-2-1-3-6(8)7(5-14)9(15)16/h1-4,7H,(H,15,16). The molecule has 1 aromatic carbocycles. The van der Waals surface area contributed by atoms with Crippen molar-refractivity contribution >= 4 is 5.97 Å². The zero-order chi connectivity index (χ0) is 12.3. The Balaban J connectivity index is 3.35. The van der Waals surface area contributed by atoms with Crippen molar-refractivity contribution in [3.63, 3.8) is 0 Å². The summed E-state index contributed by atoms with van der Waals surface area (Å²) in [7, 11) is 0. The van der Waals surface area contributed by atoms with Crippen LogP contribution >= 0.6 is 0 Å². The first-order valence-electron chi connectivity index (χ1n) is 4.16. The van der Waals surface area contributed by atoms with Crippen molar-refractivity contribution in [1.29, 1.82) is 5.26 Å². The zero-order valence-corrected chi connectivity index (χ0v) is 7.82. The third kappa shape index (κ3) is 2.31. The number of nitrogens with zero attached hydrogens (tertiary/aromatic N) is 1. The lowest BCUT2D eigenvalue weighted by Crippen LogP contribution is -2.16. The van der Waals surface area contributed by atoms with Crippen LogP contribution in [0.4, 0.5) is 13.2 Å². The molecule has 0 aliphatic rings. The van der Waals surface area contributed by atoms with Gasteiger partial charge in [0.15, 0.2) is 5.92 Å². The highest BCUT2D eigenvalue weighted by molar-refractivity contribution is 5.80. The summed E-state index contributed by atoms with van der Waals surface area (Å²) in [6, 6.07) is 5.48. The van der Waals surface area contributed by atoms with E-state index in [0.29, 0.717) is 0 Å². The van der Waals surface area contributed by atoms with E-state index < -0.39 is 29.2 Å². The first-order chi connectivity index (χ1) is 7.38. The zero-order valence-electron chi connectivity index (χ0n) is 7.82. The molecule has 1 aromatic rings. The monoisotopic (exact) mass is 229 g/mol. The summed E-state index contributed by atoms with van der Waals surface area (Å²) in [6.45, 7) is 0. The Morgan fingerprint density at radius 2 is 1.94 bits per heavy atom. The van der Waals surface area contributed by atoms with E-state index in [1.807, 2.05) is 0 Å². The second kappa shape index (κ2) is 4.23. The third-order valence-corrected chi connectivity index (χ3v) is 1.95. The molecule has 0 aliphatic carbocycles. The summed E-state index contributed by atoms with van der Waals surface area (Å²) in [4.78, 5) is 10.6. The molecule has 1 unspecified atom stereocenters. The van der Waals surface area contributed by atoms with Gasteiger partial charge < -0.3 is 5.11 Å². The molecular weight excluding hydrogens is 223 g/mol. The van der Waals surface area contributed by atoms with Gasteiger partial charge in [0.25, 0.3) is 0 Å². The van der Waals surface area contributed by atoms with E-state index in [4.69, 9.17) is 10.4 Å². The fourth-order valence-electron chi connectivity index (χ4n) is 1.26. The molecule has 0 radical (unpaired) electrons. The number of nitriles is 1. The Kier molecular flexibility index (Phi) is 3.18. The van der Waals surface area contributed by atoms with Crippen molar-refractivity contribution in [3.05, 3.63) is 35.4 Å². The number of hydrogen-bond acceptors (Lipinski definition) is 2. The quantitative estimate of drug-likeness (QED) is 0.846. The minimum atomic E-state index is -4.67. The van der Waals surface area contributed by atoms with E-state index in [-0.39, 0.29) is 0 Å². The van der Waals surface area contributed by atoms with E-state index in [2.05, 4.69) is 0 Å². The van der Waals surface area contributed by atoms with Crippen molar-refractivity contribution in [2.75, 3.05) is 0 Å². The van der Waals surface area contributed by atoms with Crippen LogP contribution < -0.4 is 0 Å². The number of carboxylic acids is 1. The number of carboxylic acid groups (broad SMARTS) is 1. The van der Waals surface area contributed by atoms with Gasteiger partial charge in [0.2, 0.25) is 0 Å². The second-order valence-corrected chi connectivity index (χ2v) is 2.99. The molecule has 6 heteroatoms. The summed E-state index contributed by atoms with van der Waals surface area (Å²) < 4.78 is 37.5. The topological polar surface area (TPSA) is 61.1 Å². The summed E-state index contributed by atoms with van der Waals surface area (Å²) in [5.74, 6) is -3.41. The lowest BCUT2D eigenvalue weighted by Gasteiger charge is -2.13. The van der Waals surface area contributed by atoms with Crippen LogP contribution in [0.25, 0.3) is 0 Å².